The molecule has 0 spiro atoms. The minimum Gasteiger partial charge on any atom is -0.466 e. The van der Waals surface area contributed by atoms with E-state index in [1.54, 1.807) is 0 Å². The molecule has 0 aromatic carbocycles. The highest BCUT2D eigenvalue weighted by Gasteiger charge is 2.41. The fourth-order valence-electron chi connectivity index (χ4n) is 3.51. The first-order valence-electron chi connectivity index (χ1n) is 6.66. The van der Waals surface area contributed by atoms with Crippen molar-refractivity contribution >= 4 is 5.97 Å². The molecule has 0 saturated heterocycles. The van der Waals surface area contributed by atoms with Gasteiger partial charge in [0.25, 0.3) is 0 Å². The van der Waals surface area contributed by atoms with E-state index in [0.717, 1.165) is 12.3 Å². The van der Waals surface area contributed by atoms with Crippen molar-refractivity contribution in [2.45, 2.75) is 51.5 Å². The van der Waals surface area contributed by atoms with Gasteiger partial charge in [-0.05, 0) is 38.0 Å². The van der Waals surface area contributed by atoms with E-state index >= 15 is 0 Å². The number of rotatable bonds is 2. The van der Waals surface area contributed by atoms with E-state index in [1.807, 2.05) is 6.92 Å². The smallest absolute Gasteiger partial charge is 0.310 e. The first-order chi connectivity index (χ1) is 7.74. The quantitative estimate of drug-likeness (QED) is 0.732. The summed E-state index contributed by atoms with van der Waals surface area (Å²) in [6.07, 6.45) is 7.25. The zero-order valence-corrected chi connectivity index (χ0v) is 10.2. The molecular weight excluding hydrogens is 202 g/mol. The Balaban J connectivity index is 1.99. The molecule has 3 heteroatoms. The molecule has 4 atom stereocenters. The van der Waals surface area contributed by atoms with Crippen LogP contribution in [0.15, 0.2) is 0 Å². The van der Waals surface area contributed by atoms with E-state index in [-0.39, 0.29) is 17.9 Å². The van der Waals surface area contributed by atoms with Crippen molar-refractivity contribution in [2.75, 3.05) is 6.61 Å². The normalized spacial score (nSPS) is 38.9. The molecule has 92 valence electrons. The molecule has 0 aromatic rings. The molecule has 0 bridgehead atoms. The van der Waals surface area contributed by atoms with Gasteiger partial charge in [0.15, 0.2) is 0 Å². The fraction of sp³-hybridized carbons (Fsp3) is 0.923. The molecule has 2 N–H and O–H groups in total. The van der Waals surface area contributed by atoms with Crippen molar-refractivity contribution in [2.24, 2.45) is 23.5 Å². The summed E-state index contributed by atoms with van der Waals surface area (Å²) in [5, 5.41) is 0. The summed E-state index contributed by atoms with van der Waals surface area (Å²) in [6, 6.07) is 0.0399. The lowest BCUT2D eigenvalue weighted by atomic mass is 9.65. The Bertz CT molecular complexity index is 254. The number of carbonyl (C=O) groups is 1. The Kier molecular flexibility index (Phi) is 3.85. The molecule has 2 rings (SSSR count). The van der Waals surface area contributed by atoms with Crippen LogP contribution in [0.1, 0.15) is 45.4 Å². The largest absolute Gasteiger partial charge is 0.466 e. The van der Waals surface area contributed by atoms with E-state index in [2.05, 4.69) is 0 Å². The van der Waals surface area contributed by atoms with Crippen molar-refractivity contribution in [1.29, 1.82) is 0 Å². The van der Waals surface area contributed by atoms with Crippen LogP contribution in [0.2, 0.25) is 0 Å². The van der Waals surface area contributed by atoms with Crippen molar-refractivity contribution in [1.82, 2.24) is 0 Å². The molecule has 2 saturated carbocycles. The summed E-state index contributed by atoms with van der Waals surface area (Å²) in [6.45, 7) is 2.33. The highest BCUT2D eigenvalue weighted by atomic mass is 16.5. The first kappa shape index (κ1) is 11.9. The summed E-state index contributed by atoms with van der Waals surface area (Å²) in [4.78, 5) is 11.8. The Morgan fingerprint density at radius 3 is 2.75 bits per heavy atom. The van der Waals surface area contributed by atoms with Crippen LogP contribution in [0.3, 0.4) is 0 Å². The lowest BCUT2D eigenvalue weighted by Gasteiger charge is -2.43. The molecule has 2 aliphatic carbocycles. The summed E-state index contributed by atoms with van der Waals surface area (Å²) in [7, 11) is 0. The van der Waals surface area contributed by atoms with Gasteiger partial charge in [-0.25, -0.2) is 0 Å². The lowest BCUT2D eigenvalue weighted by Crippen LogP contribution is -2.49. The molecule has 3 nitrogen and oxygen atoms in total. The third-order valence-corrected chi connectivity index (χ3v) is 4.36. The maximum absolute atomic E-state index is 11.8. The molecule has 0 aliphatic heterocycles. The van der Waals surface area contributed by atoms with Gasteiger partial charge in [-0.3, -0.25) is 4.79 Å². The van der Waals surface area contributed by atoms with Crippen LogP contribution < -0.4 is 5.73 Å². The fourth-order valence-corrected chi connectivity index (χ4v) is 3.51. The Labute approximate surface area is 97.7 Å². The Morgan fingerprint density at radius 1 is 1.25 bits per heavy atom. The van der Waals surface area contributed by atoms with Crippen molar-refractivity contribution < 1.29 is 9.53 Å². The van der Waals surface area contributed by atoms with Crippen LogP contribution in [0.4, 0.5) is 0 Å². The number of nitrogens with two attached hydrogens (primary N) is 1. The predicted octanol–water partition coefficient (Wildman–Crippen LogP) is 2.09. The van der Waals surface area contributed by atoms with E-state index in [4.69, 9.17) is 10.5 Å². The second-order valence-corrected chi connectivity index (χ2v) is 5.22. The Hall–Kier alpha value is -0.570. The van der Waals surface area contributed by atoms with Gasteiger partial charge >= 0.3 is 5.97 Å². The van der Waals surface area contributed by atoms with Crippen molar-refractivity contribution in [3.63, 3.8) is 0 Å². The average molecular weight is 225 g/mol. The molecule has 4 unspecified atom stereocenters. The zero-order valence-electron chi connectivity index (χ0n) is 10.2. The minimum atomic E-state index is -0.0703. The van der Waals surface area contributed by atoms with Gasteiger partial charge in [0.05, 0.1) is 12.5 Å². The third-order valence-electron chi connectivity index (χ3n) is 4.36. The summed E-state index contributed by atoms with van der Waals surface area (Å²) in [5.41, 5.74) is 6.26. The molecule has 0 aromatic heterocycles. The number of hydrogen-bond donors (Lipinski definition) is 1. The Morgan fingerprint density at radius 2 is 2.00 bits per heavy atom. The van der Waals surface area contributed by atoms with Crippen LogP contribution >= 0.6 is 0 Å². The monoisotopic (exact) mass is 225 g/mol. The van der Waals surface area contributed by atoms with Gasteiger partial charge in [-0.1, -0.05) is 19.3 Å². The number of ether oxygens (including phenoxy) is 1. The highest BCUT2D eigenvalue weighted by molar-refractivity contribution is 5.73. The summed E-state index contributed by atoms with van der Waals surface area (Å²) < 4.78 is 5.11. The van der Waals surface area contributed by atoms with Crippen LogP contribution in [-0.2, 0) is 9.53 Å². The molecule has 0 heterocycles. The number of carbonyl (C=O) groups excluding carboxylic acids is 1. The molecule has 2 fully saturated rings. The molecule has 0 radical (unpaired) electrons. The van der Waals surface area contributed by atoms with Gasteiger partial charge in [0.1, 0.15) is 0 Å². The minimum absolute atomic E-state index is 0.0399. The van der Waals surface area contributed by atoms with Crippen molar-refractivity contribution in [3.05, 3.63) is 0 Å². The van der Waals surface area contributed by atoms with Gasteiger partial charge in [-0.15, -0.1) is 0 Å². The summed E-state index contributed by atoms with van der Waals surface area (Å²) in [5.74, 6) is 1.23. The maximum Gasteiger partial charge on any atom is 0.310 e. The van der Waals surface area contributed by atoms with E-state index in [0.29, 0.717) is 12.5 Å². The second kappa shape index (κ2) is 5.17. The van der Waals surface area contributed by atoms with E-state index < -0.39 is 0 Å². The molecule has 2 aliphatic rings. The second-order valence-electron chi connectivity index (χ2n) is 5.22. The molecular formula is C13H23NO2. The summed E-state index contributed by atoms with van der Waals surface area (Å²) >= 11 is 0. The predicted molar refractivity (Wildman–Crippen MR) is 62.8 cm³/mol. The highest BCUT2D eigenvalue weighted by Crippen LogP contribution is 2.42. The molecule has 16 heavy (non-hydrogen) atoms. The number of esters is 1. The maximum atomic E-state index is 11.8. The average Bonchev–Trinajstić information content (AvgIpc) is 2.30. The third kappa shape index (κ3) is 2.24. The standard InChI is InChI=1S/C13H23NO2/c1-2-16-13(15)11-8-7-9-5-3-4-6-10(9)12(11)14/h9-12H,2-8,14H2,1H3. The van der Waals surface area contributed by atoms with Crippen molar-refractivity contribution in [3.8, 4) is 0 Å². The first-order valence-corrected chi connectivity index (χ1v) is 6.66. The molecule has 0 amide bonds. The van der Waals surface area contributed by atoms with Gasteiger partial charge in [0.2, 0.25) is 0 Å². The lowest BCUT2D eigenvalue weighted by molar-refractivity contribution is -0.151. The van der Waals surface area contributed by atoms with Crippen LogP contribution in [0, 0.1) is 17.8 Å². The topological polar surface area (TPSA) is 52.3 Å². The SMILES string of the molecule is CCOC(=O)C1CCC2CCCCC2C1N. The zero-order chi connectivity index (χ0) is 11.5. The number of fused-ring (bicyclic) bond motifs is 1. The van der Waals surface area contributed by atoms with Gasteiger partial charge in [0, 0.05) is 6.04 Å². The van der Waals surface area contributed by atoms with E-state index in [1.165, 1.54) is 32.1 Å². The van der Waals surface area contributed by atoms with E-state index in [9.17, 15) is 4.79 Å². The van der Waals surface area contributed by atoms with Crippen LogP contribution in [-0.4, -0.2) is 18.6 Å². The number of hydrogen-bond acceptors (Lipinski definition) is 3. The van der Waals surface area contributed by atoms with Crippen LogP contribution in [0.25, 0.3) is 0 Å². The van der Waals surface area contributed by atoms with Crippen LogP contribution in [0.5, 0.6) is 0 Å². The van der Waals surface area contributed by atoms with Gasteiger partial charge < -0.3 is 10.5 Å². The van der Waals surface area contributed by atoms with Gasteiger partial charge in [-0.2, -0.15) is 0 Å².